The van der Waals surface area contributed by atoms with Crippen molar-refractivity contribution in [3.8, 4) is 0 Å². The van der Waals surface area contributed by atoms with Gasteiger partial charge < -0.3 is 0 Å². The van der Waals surface area contributed by atoms with Crippen molar-refractivity contribution in [2.45, 2.75) is 24.7 Å². The fraction of sp³-hybridized carbons (Fsp3) is 0.333. The Morgan fingerprint density at radius 1 is 1.18 bits per heavy atom. The van der Waals surface area contributed by atoms with Crippen molar-refractivity contribution in [2.24, 2.45) is 0 Å². The second kappa shape index (κ2) is 4.17. The lowest BCUT2D eigenvalue weighted by Crippen LogP contribution is -1.84. The molecule has 2 heteroatoms. The molecule has 0 aliphatic heterocycles. The number of rotatable bonds is 2. The predicted octanol–water partition coefficient (Wildman–Crippen LogP) is 4.21. The van der Waals surface area contributed by atoms with Crippen molar-refractivity contribution < 1.29 is 0 Å². The van der Waals surface area contributed by atoms with Crippen LogP contribution in [0, 0.1) is 0 Å². The van der Waals surface area contributed by atoms with E-state index in [1.165, 1.54) is 10.5 Å². The fourth-order valence-electron chi connectivity index (χ4n) is 0.904. The van der Waals surface area contributed by atoms with Crippen molar-refractivity contribution in [1.82, 2.24) is 0 Å². The van der Waals surface area contributed by atoms with Crippen LogP contribution in [0.4, 0.5) is 0 Å². The lowest BCUT2D eigenvalue weighted by atomic mass is 10.0. The summed E-state index contributed by atoms with van der Waals surface area (Å²) in [4.78, 5) is 1.26. The molecule has 0 saturated carbocycles. The standard InChI is InChI=1S/C9H11BrS/c1-7(2)8-3-5-9(11-10)6-4-8/h3-7H,1-2H3. The Hall–Kier alpha value is 0.0500. The molecule has 0 fully saturated rings. The minimum Gasteiger partial charge on any atom is -0.0587 e. The highest BCUT2D eigenvalue weighted by Gasteiger charge is 1.97. The number of benzene rings is 1. The first kappa shape index (κ1) is 9.14. The van der Waals surface area contributed by atoms with Gasteiger partial charge in [0.1, 0.15) is 0 Å². The topological polar surface area (TPSA) is 0 Å². The van der Waals surface area contributed by atoms with Crippen molar-refractivity contribution in [1.29, 1.82) is 0 Å². The van der Waals surface area contributed by atoms with Crippen LogP contribution in [-0.4, -0.2) is 0 Å². The van der Waals surface area contributed by atoms with E-state index < -0.39 is 0 Å². The number of halogens is 1. The highest BCUT2D eigenvalue weighted by molar-refractivity contribution is 9.50. The van der Waals surface area contributed by atoms with Gasteiger partial charge in [-0.05, 0) is 48.6 Å². The second-order valence-electron chi connectivity index (χ2n) is 2.80. The summed E-state index contributed by atoms with van der Waals surface area (Å²) >= 11 is 3.34. The summed E-state index contributed by atoms with van der Waals surface area (Å²) in [5, 5.41) is 0. The number of hydrogen-bond acceptors (Lipinski definition) is 1. The zero-order valence-electron chi connectivity index (χ0n) is 6.67. The zero-order chi connectivity index (χ0) is 8.27. The van der Waals surface area contributed by atoms with Gasteiger partial charge in [0.05, 0.1) is 0 Å². The summed E-state index contributed by atoms with van der Waals surface area (Å²) < 4.78 is 0. The van der Waals surface area contributed by atoms with Gasteiger partial charge in [-0.1, -0.05) is 26.0 Å². The van der Waals surface area contributed by atoms with Crippen LogP contribution in [0.25, 0.3) is 0 Å². The molecular formula is C9H11BrS. The van der Waals surface area contributed by atoms with Gasteiger partial charge in [-0.2, -0.15) is 0 Å². The third-order valence-corrected chi connectivity index (χ3v) is 3.21. The van der Waals surface area contributed by atoms with Crippen molar-refractivity contribution >= 4 is 25.0 Å². The summed E-state index contributed by atoms with van der Waals surface area (Å²) in [7, 11) is 1.60. The molecule has 1 rings (SSSR count). The van der Waals surface area contributed by atoms with Crippen molar-refractivity contribution in [2.75, 3.05) is 0 Å². The smallest absolute Gasteiger partial charge is 0.0188 e. The molecule has 0 saturated heterocycles. The van der Waals surface area contributed by atoms with Crippen LogP contribution in [-0.2, 0) is 0 Å². The van der Waals surface area contributed by atoms with E-state index in [1.807, 2.05) is 0 Å². The van der Waals surface area contributed by atoms with E-state index in [2.05, 4.69) is 52.9 Å². The molecular weight excluding hydrogens is 220 g/mol. The van der Waals surface area contributed by atoms with Gasteiger partial charge in [0.2, 0.25) is 0 Å². The molecule has 1 aromatic carbocycles. The average Bonchev–Trinajstić information content (AvgIpc) is 2.05. The quantitative estimate of drug-likeness (QED) is 0.734. The summed E-state index contributed by atoms with van der Waals surface area (Å²) in [6, 6.07) is 8.62. The molecule has 0 nitrogen and oxygen atoms in total. The molecule has 0 spiro atoms. The fourth-order valence-corrected chi connectivity index (χ4v) is 1.79. The third-order valence-electron chi connectivity index (χ3n) is 1.64. The Morgan fingerprint density at radius 2 is 1.73 bits per heavy atom. The molecule has 0 N–H and O–H groups in total. The van der Waals surface area contributed by atoms with E-state index in [0.29, 0.717) is 5.92 Å². The third kappa shape index (κ3) is 2.53. The highest BCUT2D eigenvalue weighted by Crippen LogP contribution is 2.25. The van der Waals surface area contributed by atoms with E-state index in [-0.39, 0.29) is 0 Å². The first-order valence-corrected chi connectivity index (χ1v) is 6.28. The van der Waals surface area contributed by atoms with E-state index in [0.717, 1.165) is 0 Å². The molecule has 0 aliphatic rings. The molecule has 0 radical (unpaired) electrons. The largest absolute Gasteiger partial charge is 0.0587 e. The Balaban J connectivity index is 2.83. The maximum absolute atomic E-state index is 3.34. The van der Waals surface area contributed by atoms with Gasteiger partial charge in [0, 0.05) is 4.90 Å². The molecule has 0 unspecified atom stereocenters. The SMILES string of the molecule is CC(C)c1ccc(SBr)cc1. The van der Waals surface area contributed by atoms with Crippen LogP contribution in [0.15, 0.2) is 29.2 Å². The lowest BCUT2D eigenvalue weighted by Gasteiger charge is -2.04. The Bertz CT molecular complexity index is 216. The highest BCUT2D eigenvalue weighted by atomic mass is 79.9. The van der Waals surface area contributed by atoms with Gasteiger partial charge in [-0.3, -0.25) is 0 Å². The van der Waals surface area contributed by atoms with Crippen molar-refractivity contribution in [3.05, 3.63) is 29.8 Å². The molecule has 0 heterocycles. The van der Waals surface area contributed by atoms with E-state index in [1.54, 1.807) is 10.2 Å². The monoisotopic (exact) mass is 230 g/mol. The minimum atomic E-state index is 0.629. The maximum atomic E-state index is 3.34. The first-order chi connectivity index (χ1) is 5.24. The van der Waals surface area contributed by atoms with Gasteiger partial charge in [-0.15, -0.1) is 0 Å². The van der Waals surface area contributed by atoms with Gasteiger partial charge in [0.15, 0.2) is 0 Å². The molecule has 0 atom stereocenters. The predicted molar refractivity (Wildman–Crippen MR) is 55.3 cm³/mol. The van der Waals surface area contributed by atoms with Crippen LogP contribution in [0.3, 0.4) is 0 Å². The molecule has 60 valence electrons. The van der Waals surface area contributed by atoms with E-state index >= 15 is 0 Å². The first-order valence-electron chi connectivity index (χ1n) is 3.62. The molecule has 0 bridgehead atoms. The summed E-state index contributed by atoms with van der Waals surface area (Å²) in [5.74, 6) is 0.629. The van der Waals surface area contributed by atoms with Crippen LogP contribution < -0.4 is 0 Å². The van der Waals surface area contributed by atoms with Crippen LogP contribution in [0.5, 0.6) is 0 Å². The maximum Gasteiger partial charge on any atom is 0.0188 e. The normalized spacial score (nSPS) is 10.5. The van der Waals surface area contributed by atoms with Crippen LogP contribution >= 0.6 is 25.0 Å². The molecule has 0 aromatic heterocycles. The van der Waals surface area contributed by atoms with Crippen LogP contribution in [0.2, 0.25) is 0 Å². The minimum absolute atomic E-state index is 0.629. The molecule has 11 heavy (non-hydrogen) atoms. The zero-order valence-corrected chi connectivity index (χ0v) is 9.08. The Kier molecular flexibility index (Phi) is 3.46. The van der Waals surface area contributed by atoms with Gasteiger partial charge in [-0.25, -0.2) is 0 Å². The molecule has 0 amide bonds. The van der Waals surface area contributed by atoms with Crippen LogP contribution in [0.1, 0.15) is 25.3 Å². The second-order valence-corrected chi connectivity index (χ2v) is 4.40. The Morgan fingerprint density at radius 3 is 2.09 bits per heavy atom. The van der Waals surface area contributed by atoms with Crippen molar-refractivity contribution in [3.63, 3.8) is 0 Å². The van der Waals surface area contributed by atoms with Gasteiger partial charge >= 0.3 is 0 Å². The lowest BCUT2D eigenvalue weighted by molar-refractivity contribution is 0.865. The van der Waals surface area contributed by atoms with E-state index in [9.17, 15) is 0 Å². The summed E-state index contributed by atoms with van der Waals surface area (Å²) in [5.41, 5.74) is 1.40. The molecule has 1 aromatic rings. The average molecular weight is 231 g/mol. The summed E-state index contributed by atoms with van der Waals surface area (Å²) in [6.45, 7) is 4.41. The molecule has 0 aliphatic carbocycles. The van der Waals surface area contributed by atoms with Gasteiger partial charge in [0.25, 0.3) is 0 Å². The number of hydrogen-bond donors (Lipinski definition) is 0. The van der Waals surface area contributed by atoms with E-state index in [4.69, 9.17) is 0 Å². The Labute approximate surface area is 79.6 Å². The summed E-state index contributed by atoms with van der Waals surface area (Å²) in [6.07, 6.45) is 0.